The molecule has 1 aromatic heterocycles. The number of nitrogens with one attached hydrogen (secondary N) is 1. The number of hydrogen-bond donors (Lipinski definition) is 1. The normalized spacial score (nSPS) is 12.2. The van der Waals surface area contributed by atoms with Crippen molar-refractivity contribution < 1.29 is 4.74 Å². The van der Waals surface area contributed by atoms with Crippen LogP contribution in [0.4, 0.5) is 0 Å². The number of benzene rings is 1. The van der Waals surface area contributed by atoms with E-state index >= 15 is 0 Å². The van der Waals surface area contributed by atoms with Gasteiger partial charge in [0.05, 0.1) is 18.8 Å². The van der Waals surface area contributed by atoms with Crippen LogP contribution in [-0.2, 0) is 0 Å². The summed E-state index contributed by atoms with van der Waals surface area (Å²) in [6.45, 7) is 2.94. The highest BCUT2D eigenvalue weighted by molar-refractivity contribution is 6.33. The molecule has 0 saturated heterocycles. The quantitative estimate of drug-likeness (QED) is 0.875. The van der Waals surface area contributed by atoms with Crippen LogP contribution in [-0.4, -0.2) is 23.9 Å². The summed E-state index contributed by atoms with van der Waals surface area (Å²) in [7, 11) is 1.56. The van der Waals surface area contributed by atoms with Gasteiger partial charge in [-0.3, -0.25) is 0 Å². The van der Waals surface area contributed by atoms with Crippen molar-refractivity contribution in [3.8, 4) is 5.88 Å². The fraction of sp³-hybridized carbons (Fsp3) is 0.333. The van der Waals surface area contributed by atoms with Crippen LogP contribution in [0.1, 0.15) is 30.6 Å². The van der Waals surface area contributed by atoms with Crippen molar-refractivity contribution in [3.05, 3.63) is 51.6 Å². The van der Waals surface area contributed by atoms with Crippen molar-refractivity contribution in [2.45, 2.75) is 19.4 Å². The maximum Gasteiger partial charge on any atom is 0.233 e. The predicted octanol–water partition coefficient (Wildman–Crippen LogP) is 3.88. The highest BCUT2D eigenvalue weighted by Crippen LogP contribution is 2.30. The molecule has 1 aromatic carbocycles. The summed E-state index contributed by atoms with van der Waals surface area (Å²) in [6.07, 6.45) is 0.998. The number of halogens is 2. The molecular formula is C15H17Cl2N3O. The lowest BCUT2D eigenvalue weighted by Crippen LogP contribution is -2.24. The fourth-order valence-corrected chi connectivity index (χ4v) is 2.40. The third kappa shape index (κ3) is 4.06. The SMILES string of the molecule is CCCNC(c1ccc(OC)nn1)c1cc(Cl)ccc1Cl. The lowest BCUT2D eigenvalue weighted by molar-refractivity contribution is 0.390. The van der Waals surface area contributed by atoms with Crippen molar-refractivity contribution in [3.63, 3.8) is 0 Å². The molecule has 2 rings (SSSR count). The number of rotatable bonds is 6. The molecule has 0 amide bonds. The molecule has 112 valence electrons. The van der Waals surface area contributed by atoms with Gasteiger partial charge >= 0.3 is 0 Å². The minimum Gasteiger partial charge on any atom is -0.480 e. The Kier molecular flexibility index (Phi) is 5.79. The third-order valence-electron chi connectivity index (χ3n) is 3.03. The molecular weight excluding hydrogens is 309 g/mol. The Bertz CT molecular complexity index is 590. The number of aromatic nitrogens is 2. The Hall–Kier alpha value is -1.36. The fourth-order valence-electron chi connectivity index (χ4n) is 1.99. The molecule has 0 bridgehead atoms. The molecule has 0 radical (unpaired) electrons. The monoisotopic (exact) mass is 325 g/mol. The van der Waals surface area contributed by atoms with Gasteiger partial charge in [0.15, 0.2) is 0 Å². The zero-order valence-corrected chi connectivity index (χ0v) is 13.4. The van der Waals surface area contributed by atoms with Crippen LogP contribution in [0.3, 0.4) is 0 Å². The number of ether oxygens (including phenoxy) is 1. The van der Waals surface area contributed by atoms with Crippen molar-refractivity contribution in [1.82, 2.24) is 15.5 Å². The van der Waals surface area contributed by atoms with Gasteiger partial charge in [0.1, 0.15) is 0 Å². The molecule has 0 aliphatic rings. The highest BCUT2D eigenvalue weighted by atomic mass is 35.5. The first-order valence-corrected chi connectivity index (χ1v) is 7.47. The predicted molar refractivity (Wildman–Crippen MR) is 85.2 cm³/mol. The van der Waals surface area contributed by atoms with Crippen molar-refractivity contribution in [2.24, 2.45) is 0 Å². The topological polar surface area (TPSA) is 47.0 Å². The molecule has 6 heteroatoms. The van der Waals surface area contributed by atoms with Gasteiger partial charge in [0.25, 0.3) is 0 Å². The maximum atomic E-state index is 6.31. The average molecular weight is 326 g/mol. The number of methoxy groups -OCH3 is 1. The van der Waals surface area contributed by atoms with Crippen molar-refractivity contribution in [2.75, 3.05) is 13.7 Å². The minimum atomic E-state index is -0.158. The van der Waals surface area contributed by atoms with Gasteiger partial charge in [-0.25, -0.2) is 0 Å². The van der Waals surface area contributed by atoms with Crippen LogP contribution in [0.15, 0.2) is 30.3 Å². The lowest BCUT2D eigenvalue weighted by Gasteiger charge is -2.19. The second kappa shape index (κ2) is 7.59. The van der Waals surface area contributed by atoms with Crippen LogP contribution in [0.2, 0.25) is 10.0 Å². The van der Waals surface area contributed by atoms with Crippen LogP contribution in [0.5, 0.6) is 5.88 Å². The van der Waals surface area contributed by atoms with Crippen LogP contribution in [0.25, 0.3) is 0 Å². The molecule has 0 aliphatic heterocycles. The molecule has 1 unspecified atom stereocenters. The summed E-state index contributed by atoms with van der Waals surface area (Å²) in [5.74, 6) is 0.477. The first-order chi connectivity index (χ1) is 10.2. The standard InChI is InChI=1S/C15H17Cl2N3O/c1-3-8-18-15(11-9-10(16)4-5-12(11)17)13-6-7-14(21-2)20-19-13/h4-7,9,15,18H,3,8H2,1-2H3. The zero-order chi connectivity index (χ0) is 15.2. The van der Waals surface area contributed by atoms with Crippen LogP contribution in [0, 0.1) is 0 Å². The van der Waals surface area contributed by atoms with Gasteiger partial charge in [-0.05, 0) is 42.8 Å². The summed E-state index contributed by atoms with van der Waals surface area (Å²) in [5.41, 5.74) is 1.66. The Morgan fingerprint density at radius 1 is 1.19 bits per heavy atom. The average Bonchev–Trinajstić information content (AvgIpc) is 2.51. The van der Waals surface area contributed by atoms with E-state index in [1.807, 2.05) is 12.1 Å². The molecule has 2 aromatic rings. The van der Waals surface area contributed by atoms with Gasteiger partial charge in [-0.1, -0.05) is 30.1 Å². The molecule has 0 spiro atoms. The number of hydrogen-bond acceptors (Lipinski definition) is 4. The molecule has 1 N–H and O–H groups in total. The molecule has 21 heavy (non-hydrogen) atoms. The first-order valence-electron chi connectivity index (χ1n) is 6.71. The largest absolute Gasteiger partial charge is 0.480 e. The van der Waals surface area contributed by atoms with E-state index < -0.39 is 0 Å². The number of nitrogens with zero attached hydrogens (tertiary/aromatic N) is 2. The molecule has 1 heterocycles. The summed E-state index contributed by atoms with van der Waals surface area (Å²) in [5, 5.41) is 12.9. The van der Waals surface area contributed by atoms with Gasteiger partial charge in [-0.15, -0.1) is 10.2 Å². The zero-order valence-electron chi connectivity index (χ0n) is 11.9. The van der Waals surface area contributed by atoms with Crippen molar-refractivity contribution in [1.29, 1.82) is 0 Å². The highest BCUT2D eigenvalue weighted by Gasteiger charge is 2.19. The van der Waals surface area contributed by atoms with Gasteiger partial charge in [0, 0.05) is 16.1 Å². The summed E-state index contributed by atoms with van der Waals surface area (Å²) >= 11 is 12.4. The summed E-state index contributed by atoms with van der Waals surface area (Å²) < 4.78 is 5.04. The molecule has 0 aliphatic carbocycles. The van der Waals surface area contributed by atoms with E-state index in [1.165, 1.54) is 0 Å². The Labute approximate surface area is 134 Å². The summed E-state index contributed by atoms with van der Waals surface area (Å²) in [6, 6.07) is 8.90. The van der Waals surface area contributed by atoms with Gasteiger partial charge in [-0.2, -0.15) is 0 Å². The van der Waals surface area contributed by atoms with Crippen molar-refractivity contribution >= 4 is 23.2 Å². The van der Waals surface area contributed by atoms with E-state index in [2.05, 4.69) is 22.4 Å². The minimum absolute atomic E-state index is 0.158. The first kappa shape index (κ1) is 16.0. The lowest BCUT2D eigenvalue weighted by atomic mass is 10.0. The van der Waals surface area contributed by atoms with Gasteiger partial charge < -0.3 is 10.1 Å². The third-order valence-corrected chi connectivity index (χ3v) is 3.61. The van der Waals surface area contributed by atoms with Crippen LogP contribution >= 0.6 is 23.2 Å². The molecule has 4 nitrogen and oxygen atoms in total. The van der Waals surface area contributed by atoms with E-state index in [9.17, 15) is 0 Å². The summed E-state index contributed by atoms with van der Waals surface area (Å²) in [4.78, 5) is 0. The molecule has 1 atom stereocenters. The van der Waals surface area contributed by atoms with E-state index in [0.717, 1.165) is 24.2 Å². The maximum absolute atomic E-state index is 6.31. The van der Waals surface area contributed by atoms with E-state index in [4.69, 9.17) is 27.9 Å². The molecule has 0 fully saturated rings. The van der Waals surface area contributed by atoms with E-state index in [-0.39, 0.29) is 6.04 Å². The Balaban J connectivity index is 2.38. The Morgan fingerprint density at radius 3 is 2.62 bits per heavy atom. The second-order valence-electron chi connectivity index (χ2n) is 4.55. The van der Waals surface area contributed by atoms with Crippen LogP contribution < -0.4 is 10.1 Å². The second-order valence-corrected chi connectivity index (χ2v) is 5.40. The van der Waals surface area contributed by atoms with E-state index in [1.54, 1.807) is 25.3 Å². The van der Waals surface area contributed by atoms with Gasteiger partial charge in [0.2, 0.25) is 5.88 Å². The van der Waals surface area contributed by atoms with E-state index in [0.29, 0.717) is 15.9 Å². The smallest absolute Gasteiger partial charge is 0.233 e. The Morgan fingerprint density at radius 2 is 2.00 bits per heavy atom. The molecule has 0 saturated carbocycles.